The summed E-state index contributed by atoms with van der Waals surface area (Å²) in [7, 11) is -1.23. The molecule has 0 bridgehead atoms. The predicted molar refractivity (Wildman–Crippen MR) is 143 cm³/mol. The average Bonchev–Trinajstić information content (AvgIpc) is 3.51. The van der Waals surface area contributed by atoms with E-state index in [4.69, 9.17) is 4.42 Å². The van der Waals surface area contributed by atoms with Gasteiger partial charge in [0.1, 0.15) is 17.3 Å². The summed E-state index contributed by atoms with van der Waals surface area (Å²) in [6.45, 7) is 0.0932. The smallest absolute Gasteiger partial charge is 0.434 e. The van der Waals surface area contributed by atoms with Gasteiger partial charge in [-0.25, -0.2) is 9.97 Å². The van der Waals surface area contributed by atoms with Crippen LogP contribution < -0.4 is 4.74 Å². The van der Waals surface area contributed by atoms with Gasteiger partial charge < -0.3 is 13.7 Å². The average molecular weight is 588 g/mol. The minimum atomic E-state index is -4.65. The number of imidazole rings is 1. The molecule has 5 aromatic rings. The Hall–Kier alpha value is -4.32. The Kier molecular flexibility index (Phi) is 7.52. The first-order valence-corrected chi connectivity index (χ1v) is 13.7. The lowest BCUT2D eigenvalue weighted by Gasteiger charge is -2.14. The van der Waals surface area contributed by atoms with Crippen LogP contribution in [-0.4, -0.2) is 31.6 Å². The van der Waals surface area contributed by atoms with Crippen LogP contribution in [0.25, 0.3) is 39.4 Å². The van der Waals surface area contributed by atoms with Gasteiger partial charge in [-0.1, -0.05) is 18.2 Å². The zero-order valence-corrected chi connectivity index (χ0v) is 22.7. The van der Waals surface area contributed by atoms with E-state index >= 15 is 0 Å². The number of aryl methyl sites for hydroxylation is 2. The third-order valence-electron chi connectivity index (χ3n) is 6.26. The molecule has 0 aliphatic rings. The van der Waals surface area contributed by atoms with Crippen LogP contribution >= 0.6 is 0 Å². The second kappa shape index (κ2) is 10.9. The number of halogens is 5. The van der Waals surface area contributed by atoms with Crippen LogP contribution in [0, 0.1) is 13.8 Å². The molecule has 212 valence electrons. The molecule has 1 atom stereocenters. The van der Waals surface area contributed by atoms with Gasteiger partial charge in [-0.2, -0.15) is 22.0 Å². The van der Waals surface area contributed by atoms with E-state index in [0.29, 0.717) is 33.0 Å². The fraction of sp³-hybridized carbons (Fsp3) is 0.172. The molecule has 5 rings (SSSR count). The summed E-state index contributed by atoms with van der Waals surface area (Å²) in [5.41, 5.74) is 1.98. The summed E-state index contributed by atoms with van der Waals surface area (Å²) in [6, 6.07) is 18.0. The highest BCUT2D eigenvalue weighted by molar-refractivity contribution is 7.84. The molecule has 12 heteroatoms. The zero-order chi connectivity index (χ0) is 29.5. The fourth-order valence-electron chi connectivity index (χ4n) is 4.41. The molecule has 1 unspecified atom stereocenters. The molecule has 6 nitrogen and oxygen atoms in total. The lowest BCUT2D eigenvalue weighted by atomic mass is 9.98. The molecule has 0 saturated heterocycles. The summed E-state index contributed by atoms with van der Waals surface area (Å²) in [5, 5.41) is 0. The minimum Gasteiger partial charge on any atom is -0.440 e. The second-order valence-electron chi connectivity index (χ2n) is 9.07. The van der Waals surface area contributed by atoms with Crippen molar-refractivity contribution in [2.75, 3.05) is 6.26 Å². The van der Waals surface area contributed by atoms with Gasteiger partial charge in [0.2, 0.25) is 0 Å². The van der Waals surface area contributed by atoms with E-state index in [0.717, 1.165) is 11.8 Å². The van der Waals surface area contributed by atoms with Crippen molar-refractivity contribution in [2.45, 2.75) is 31.5 Å². The molecule has 0 saturated carbocycles. The first kappa shape index (κ1) is 28.2. The quantitative estimate of drug-likeness (QED) is 0.182. The molecule has 41 heavy (non-hydrogen) atoms. The highest BCUT2D eigenvalue weighted by atomic mass is 32.2. The molecule has 0 radical (unpaired) electrons. The Balaban J connectivity index is 1.72. The van der Waals surface area contributed by atoms with Crippen LogP contribution in [-0.2, 0) is 17.0 Å². The van der Waals surface area contributed by atoms with E-state index in [1.807, 2.05) is 6.07 Å². The maximum Gasteiger partial charge on any atom is 0.434 e. The van der Waals surface area contributed by atoms with Gasteiger partial charge in [0.15, 0.2) is 17.3 Å². The van der Waals surface area contributed by atoms with Crippen molar-refractivity contribution in [2.24, 2.45) is 0 Å². The summed E-state index contributed by atoms with van der Waals surface area (Å²) in [4.78, 5) is 8.80. The maximum atomic E-state index is 13.5. The standard InChI is InChI=1S/C29H22F5N3O3S/c1-16-35-25(29(32,33)34)15-37(16)24-12-9-20(19-5-4-6-22(13-19)41(3)38)14-23(24)27-26(36-17(2)39-27)18-7-10-21(11-8-18)40-28(30)31/h4-15,28H,1-3H3. The Morgan fingerprint density at radius 1 is 0.927 bits per heavy atom. The Labute approximate surface area is 233 Å². The molecule has 0 fully saturated rings. The Morgan fingerprint density at radius 2 is 1.61 bits per heavy atom. The topological polar surface area (TPSA) is 70.2 Å². The summed E-state index contributed by atoms with van der Waals surface area (Å²) >= 11 is 0. The van der Waals surface area contributed by atoms with Crippen LogP contribution in [0.2, 0.25) is 0 Å². The molecule has 0 N–H and O–H groups in total. The van der Waals surface area contributed by atoms with E-state index in [-0.39, 0.29) is 23.2 Å². The first-order valence-electron chi connectivity index (χ1n) is 12.1. The maximum absolute atomic E-state index is 13.5. The van der Waals surface area contributed by atoms with E-state index in [9.17, 15) is 26.2 Å². The lowest BCUT2D eigenvalue weighted by molar-refractivity contribution is -0.141. The number of benzene rings is 3. The summed E-state index contributed by atoms with van der Waals surface area (Å²) in [5.74, 6) is 0.579. The van der Waals surface area contributed by atoms with Gasteiger partial charge in [-0.3, -0.25) is 4.21 Å². The Morgan fingerprint density at radius 3 is 2.24 bits per heavy atom. The van der Waals surface area contributed by atoms with Gasteiger partial charge in [0, 0.05) is 46.2 Å². The van der Waals surface area contributed by atoms with E-state index in [1.54, 1.807) is 49.6 Å². The molecule has 0 spiro atoms. The van der Waals surface area contributed by atoms with Crippen LogP contribution in [0.5, 0.6) is 5.75 Å². The molecule has 2 heterocycles. The molecular weight excluding hydrogens is 565 g/mol. The van der Waals surface area contributed by atoms with E-state index in [1.165, 1.54) is 35.8 Å². The largest absolute Gasteiger partial charge is 0.440 e. The molecule has 0 amide bonds. The normalized spacial score (nSPS) is 12.6. The van der Waals surface area contributed by atoms with Crippen molar-refractivity contribution in [1.29, 1.82) is 0 Å². The predicted octanol–water partition coefficient (Wildman–Crippen LogP) is 7.84. The first-order chi connectivity index (χ1) is 19.4. The number of ether oxygens (including phenoxy) is 1. The molecule has 3 aromatic carbocycles. The second-order valence-corrected chi connectivity index (χ2v) is 10.4. The highest BCUT2D eigenvalue weighted by Gasteiger charge is 2.35. The van der Waals surface area contributed by atoms with Crippen molar-refractivity contribution < 1.29 is 35.3 Å². The van der Waals surface area contributed by atoms with Crippen LogP contribution in [0.15, 0.2) is 82.2 Å². The van der Waals surface area contributed by atoms with Crippen molar-refractivity contribution in [1.82, 2.24) is 14.5 Å². The molecule has 0 aliphatic carbocycles. The van der Waals surface area contributed by atoms with Crippen LogP contribution in [0.4, 0.5) is 22.0 Å². The van der Waals surface area contributed by atoms with Crippen LogP contribution in [0.1, 0.15) is 17.4 Å². The van der Waals surface area contributed by atoms with Crippen molar-refractivity contribution >= 4 is 10.8 Å². The molecular formula is C29H22F5N3O3S. The number of rotatable bonds is 7. The fourth-order valence-corrected chi connectivity index (χ4v) is 4.98. The summed E-state index contributed by atoms with van der Waals surface area (Å²) in [6.07, 6.45) is -2.18. The number of nitrogens with zero attached hydrogens (tertiary/aromatic N) is 3. The number of alkyl halides is 5. The zero-order valence-electron chi connectivity index (χ0n) is 21.9. The number of oxazole rings is 1. The number of aromatic nitrogens is 3. The molecule has 2 aromatic heterocycles. The van der Waals surface area contributed by atoms with Crippen molar-refractivity contribution in [3.05, 3.63) is 90.3 Å². The van der Waals surface area contributed by atoms with Gasteiger partial charge in [-0.15, -0.1) is 0 Å². The lowest BCUT2D eigenvalue weighted by Crippen LogP contribution is -2.05. The SMILES string of the molecule is Cc1nc(-c2ccc(OC(F)F)cc2)c(-c2cc(-c3cccc(S(C)=O)c3)ccc2-n2cc(C(F)(F)F)nc2C)o1. The Bertz CT molecular complexity index is 1740. The van der Waals surface area contributed by atoms with Gasteiger partial charge in [0.25, 0.3) is 0 Å². The number of hydrogen-bond donors (Lipinski definition) is 0. The number of hydrogen-bond acceptors (Lipinski definition) is 5. The summed E-state index contributed by atoms with van der Waals surface area (Å²) < 4.78 is 89.7. The van der Waals surface area contributed by atoms with E-state index in [2.05, 4.69) is 14.7 Å². The minimum absolute atomic E-state index is 0.0462. The van der Waals surface area contributed by atoms with Crippen LogP contribution in [0.3, 0.4) is 0 Å². The third-order valence-corrected chi connectivity index (χ3v) is 7.18. The highest BCUT2D eigenvalue weighted by Crippen LogP contribution is 2.40. The van der Waals surface area contributed by atoms with Gasteiger partial charge in [0.05, 0.1) is 5.69 Å². The van der Waals surface area contributed by atoms with Gasteiger partial charge in [-0.05, 0) is 66.6 Å². The van der Waals surface area contributed by atoms with E-state index < -0.39 is 29.3 Å². The van der Waals surface area contributed by atoms with Gasteiger partial charge >= 0.3 is 12.8 Å². The third kappa shape index (κ3) is 5.92. The van der Waals surface area contributed by atoms with Crippen molar-refractivity contribution in [3.63, 3.8) is 0 Å². The van der Waals surface area contributed by atoms with Crippen molar-refractivity contribution in [3.8, 4) is 45.1 Å². The monoisotopic (exact) mass is 587 g/mol. The molecule has 0 aliphatic heterocycles.